The van der Waals surface area contributed by atoms with Gasteiger partial charge in [-0.05, 0) is 60.8 Å². The summed E-state index contributed by atoms with van der Waals surface area (Å²) in [6.45, 7) is 2.58. The van der Waals surface area contributed by atoms with Gasteiger partial charge in [-0.25, -0.2) is 4.79 Å². The van der Waals surface area contributed by atoms with E-state index in [9.17, 15) is 9.59 Å². The second-order valence-corrected chi connectivity index (χ2v) is 9.13. The van der Waals surface area contributed by atoms with Crippen LogP contribution in [-0.4, -0.2) is 50.4 Å². The molecule has 1 aromatic heterocycles. The highest BCUT2D eigenvalue weighted by molar-refractivity contribution is 9.10. The molecule has 0 spiro atoms. The molecule has 2 heterocycles. The van der Waals surface area contributed by atoms with Crippen LogP contribution in [0.4, 0.5) is 11.4 Å². The summed E-state index contributed by atoms with van der Waals surface area (Å²) >= 11 is 8.77. The van der Waals surface area contributed by atoms with E-state index in [1.807, 2.05) is 36.4 Å². The summed E-state index contributed by atoms with van der Waals surface area (Å²) in [5.41, 5.74) is 2.72. The quantitative estimate of drug-likeness (QED) is 0.247. The maximum absolute atomic E-state index is 12.5. The second-order valence-electron chi connectivity index (χ2n) is 7.81. The first-order chi connectivity index (χ1) is 17.4. The molecular formula is C26H24BrN3O5S. The van der Waals surface area contributed by atoms with Crippen molar-refractivity contribution in [3.05, 3.63) is 76.5 Å². The normalized spacial score (nSPS) is 13.4. The van der Waals surface area contributed by atoms with Crippen LogP contribution in [0.15, 0.2) is 69.6 Å². The van der Waals surface area contributed by atoms with E-state index in [1.165, 1.54) is 13.2 Å². The van der Waals surface area contributed by atoms with Gasteiger partial charge in [0.15, 0.2) is 5.11 Å². The molecule has 2 N–H and O–H groups in total. The Balaban J connectivity index is 1.41. The molecule has 0 atom stereocenters. The van der Waals surface area contributed by atoms with Crippen LogP contribution in [0.5, 0.6) is 0 Å². The molecule has 1 saturated heterocycles. The van der Waals surface area contributed by atoms with Crippen LogP contribution >= 0.6 is 28.1 Å². The smallest absolute Gasteiger partial charge is 0.337 e. The highest BCUT2D eigenvalue weighted by Gasteiger charge is 2.18. The van der Waals surface area contributed by atoms with Gasteiger partial charge in [-0.2, -0.15) is 0 Å². The van der Waals surface area contributed by atoms with Crippen molar-refractivity contribution in [1.82, 2.24) is 5.32 Å². The summed E-state index contributed by atoms with van der Waals surface area (Å²) in [7, 11) is 1.32. The van der Waals surface area contributed by atoms with Gasteiger partial charge in [-0.15, -0.1) is 0 Å². The zero-order valence-corrected chi connectivity index (χ0v) is 21.9. The molecule has 0 saturated carbocycles. The minimum absolute atomic E-state index is 0.0937. The maximum Gasteiger partial charge on any atom is 0.337 e. The number of morpholine rings is 1. The average molecular weight is 570 g/mol. The number of nitrogens with zero attached hydrogens (tertiary/aromatic N) is 1. The molecular weight excluding hydrogens is 546 g/mol. The van der Waals surface area contributed by atoms with Crippen LogP contribution in [0.25, 0.3) is 17.4 Å². The van der Waals surface area contributed by atoms with Crippen LogP contribution in [0.1, 0.15) is 16.1 Å². The van der Waals surface area contributed by atoms with Gasteiger partial charge in [0.05, 0.1) is 37.3 Å². The van der Waals surface area contributed by atoms with Gasteiger partial charge < -0.3 is 24.1 Å². The molecule has 36 heavy (non-hydrogen) atoms. The summed E-state index contributed by atoms with van der Waals surface area (Å²) in [6, 6.07) is 16.5. The van der Waals surface area contributed by atoms with E-state index in [2.05, 4.69) is 31.5 Å². The Morgan fingerprint density at radius 1 is 1.08 bits per heavy atom. The fourth-order valence-electron chi connectivity index (χ4n) is 3.64. The molecule has 0 bridgehead atoms. The van der Waals surface area contributed by atoms with E-state index >= 15 is 0 Å². The van der Waals surface area contributed by atoms with Crippen molar-refractivity contribution in [3.63, 3.8) is 0 Å². The lowest BCUT2D eigenvalue weighted by Crippen LogP contribution is -2.38. The molecule has 8 nitrogen and oxygen atoms in total. The first-order valence-electron chi connectivity index (χ1n) is 11.1. The predicted molar refractivity (Wildman–Crippen MR) is 146 cm³/mol. The Labute approximate surface area is 222 Å². The van der Waals surface area contributed by atoms with Crippen LogP contribution in [0.3, 0.4) is 0 Å². The van der Waals surface area contributed by atoms with Crippen molar-refractivity contribution >= 4 is 62.6 Å². The van der Waals surface area contributed by atoms with Crippen LogP contribution in [0, 0.1) is 0 Å². The Morgan fingerprint density at radius 3 is 2.56 bits per heavy atom. The Morgan fingerprint density at radius 2 is 1.83 bits per heavy atom. The molecule has 2 aromatic carbocycles. The third kappa shape index (κ3) is 6.60. The van der Waals surface area contributed by atoms with Gasteiger partial charge in [0.2, 0.25) is 5.91 Å². The summed E-state index contributed by atoms with van der Waals surface area (Å²) in [4.78, 5) is 26.6. The van der Waals surface area contributed by atoms with Gasteiger partial charge in [-0.3, -0.25) is 10.1 Å². The molecule has 186 valence electrons. The van der Waals surface area contributed by atoms with Gasteiger partial charge >= 0.3 is 5.97 Å². The number of benzene rings is 2. The molecule has 10 heteroatoms. The summed E-state index contributed by atoms with van der Waals surface area (Å²) < 4.78 is 17.0. The first-order valence-corrected chi connectivity index (χ1v) is 12.3. The number of ether oxygens (including phenoxy) is 2. The molecule has 1 aliphatic rings. The van der Waals surface area contributed by atoms with Crippen molar-refractivity contribution in [2.45, 2.75) is 0 Å². The van der Waals surface area contributed by atoms with Crippen molar-refractivity contribution in [3.8, 4) is 11.3 Å². The molecule has 0 unspecified atom stereocenters. The number of amides is 1. The molecule has 4 rings (SSSR count). The van der Waals surface area contributed by atoms with Crippen molar-refractivity contribution in [2.24, 2.45) is 0 Å². The van der Waals surface area contributed by atoms with Crippen LogP contribution in [0.2, 0.25) is 0 Å². The number of rotatable bonds is 6. The lowest BCUT2D eigenvalue weighted by atomic mass is 10.1. The van der Waals surface area contributed by atoms with Crippen molar-refractivity contribution in [1.29, 1.82) is 0 Å². The Kier molecular flexibility index (Phi) is 8.52. The van der Waals surface area contributed by atoms with E-state index in [-0.39, 0.29) is 5.11 Å². The molecule has 3 aromatic rings. The molecule has 1 fully saturated rings. The highest BCUT2D eigenvalue weighted by Crippen LogP contribution is 2.29. The van der Waals surface area contributed by atoms with Gasteiger partial charge in [0, 0.05) is 29.2 Å². The molecule has 0 radical (unpaired) electrons. The van der Waals surface area contributed by atoms with E-state index in [1.54, 1.807) is 24.3 Å². The largest absolute Gasteiger partial charge is 0.465 e. The number of methoxy groups -OCH3 is 1. The first kappa shape index (κ1) is 25.6. The fraction of sp³-hybridized carbons (Fsp3) is 0.192. The average Bonchev–Trinajstić information content (AvgIpc) is 3.37. The minimum Gasteiger partial charge on any atom is -0.465 e. The van der Waals surface area contributed by atoms with Gasteiger partial charge in [0.25, 0.3) is 0 Å². The van der Waals surface area contributed by atoms with Crippen LogP contribution < -0.4 is 15.5 Å². The number of carbonyl (C=O) groups is 2. The third-order valence-corrected chi connectivity index (χ3v) is 6.14. The Hall–Kier alpha value is -3.47. The number of esters is 1. The number of furan rings is 1. The van der Waals surface area contributed by atoms with Crippen molar-refractivity contribution < 1.29 is 23.5 Å². The number of carbonyl (C=O) groups excluding carboxylic acids is 2. The summed E-state index contributed by atoms with van der Waals surface area (Å²) in [5.74, 6) is 0.333. The number of hydrogen-bond acceptors (Lipinski definition) is 7. The summed E-state index contributed by atoms with van der Waals surface area (Å²) in [6.07, 6.45) is 2.91. The standard InChI is InChI=1S/C26H24BrN3O5S/c1-33-25(32)18-4-9-22(30-12-14-34-15-13-30)21(16-18)28-26(36)29-24(31)11-8-20-7-10-23(35-20)17-2-5-19(27)6-3-17/h2-11,16H,12-15H2,1H3,(H2,28,29,31,36)/b11-8+. The highest BCUT2D eigenvalue weighted by atomic mass is 79.9. The summed E-state index contributed by atoms with van der Waals surface area (Å²) in [5, 5.41) is 5.75. The molecule has 1 aliphatic heterocycles. The van der Waals surface area contributed by atoms with Crippen LogP contribution in [-0.2, 0) is 14.3 Å². The zero-order valence-electron chi connectivity index (χ0n) is 19.5. The topological polar surface area (TPSA) is 93.0 Å². The number of nitrogens with one attached hydrogen (secondary N) is 2. The van der Waals surface area contributed by atoms with E-state index < -0.39 is 11.9 Å². The number of halogens is 1. The van der Waals surface area contributed by atoms with Gasteiger partial charge in [0.1, 0.15) is 11.5 Å². The minimum atomic E-state index is -0.467. The molecule has 1 amide bonds. The van der Waals surface area contributed by atoms with E-state index in [4.69, 9.17) is 26.1 Å². The predicted octanol–water partition coefficient (Wildman–Crippen LogP) is 4.86. The SMILES string of the molecule is COC(=O)c1ccc(N2CCOCC2)c(NC(=S)NC(=O)/C=C/c2ccc(-c3ccc(Br)cc3)o2)c1. The third-order valence-electron chi connectivity index (χ3n) is 5.41. The number of hydrogen-bond donors (Lipinski definition) is 2. The molecule has 0 aliphatic carbocycles. The fourth-order valence-corrected chi connectivity index (χ4v) is 4.11. The Bertz CT molecular complexity index is 1280. The monoisotopic (exact) mass is 569 g/mol. The second kappa shape index (κ2) is 12.0. The zero-order chi connectivity index (χ0) is 25.5. The van der Waals surface area contributed by atoms with Gasteiger partial charge in [-0.1, -0.05) is 28.1 Å². The lowest BCUT2D eigenvalue weighted by Gasteiger charge is -2.31. The van der Waals surface area contributed by atoms with E-state index in [0.717, 1.165) is 15.7 Å². The van der Waals surface area contributed by atoms with Crippen molar-refractivity contribution in [2.75, 3.05) is 43.6 Å². The van der Waals surface area contributed by atoms with E-state index in [0.29, 0.717) is 49.1 Å². The number of thiocarbonyl (C=S) groups is 1. The lowest BCUT2D eigenvalue weighted by molar-refractivity contribution is -0.115. The maximum atomic E-state index is 12.5. The number of anilines is 2.